The Labute approximate surface area is 223 Å². The number of carbonyl (C=O) groups excluding carboxylic acids is 1. The van der Waals surface area contributed by atoms with Gasteiger partial charge in [-0.15, -0.1) is 0 Å². The average molecular weight is 513 g/mol. The smallest absolute Gasteiger partial charge is 0.254 e. The molecule has 0 bridgehead atoms. The van der Waals surface area contributed by atoms with Gasteiger partial charge in [0.15, 0.2) is 0 Å². The Kier molecular flexibility index (Phi) is 5.78. The molecule has 2 N–H and O–H groups in total. The first-order valence-corrected chi connectivity index (χ1v) is 14.1. The number of nitrogens with zero attached hydrogens (tertiary/aromatic N) is 4. The summed E-state index contributed by atoms with van der Waals surface area (Å²) in [5.74, 6) is 1.22. The molecule has 1 saturated carbocycles. The van der Waals surface area contributed by atoms with Gasteiger partial charge in [-0.25, -0.2) is 4.98 Å². The van der Waals surface area contributed by atoms with Crippen LogP contribution < -0.4 is 10.6 Å². The molecule has 4 aliphatic rings. The van der Waals surface area contributed by atoms with E-state index in [1.165, 1.54) is 29.7 Å². The van der Waals surface area contributed by atoms with Gasteiger partial charge in [-0.3, -0.25) is 9.48 Å². The van der Waals surface area contributed by atoms with E-state index in [4.69, 9.17) is 14.8 Å². The van der Waals surface area contributed by atoms with Crippen LogP contribution in [0.15, 0.2) is 30.5 Å². The Bertz CT molecular complexity index is 1400. The molecule has 3 aromatic rings. The minimum Gasteiger partial charge on any atom is -0.381 e. The summed E-state index contributed by atoms with van der Waals surface area (Å²) in [6.45, 7) is 7.11. The number of anilines is 2. The predicted octanol–water partition coefficient (Wildman–Crippen LogP) is 4.61. The van der Waals surface area contributed by atoms with Gasteiger partial charge in [0, 0.05) is 44.1 Å². The summed E-state index contributed by atoms with van der Waals surface area (Å²) >= 11 is 0. The number of amides is 1. The van der Waals surface area contributed by atoms with E-state index >= 15 is 0 Å². The Morgan fingerprint density at radius 2 is 2.03 bits per heavy atom. The number of hydrogen-bond acceptors (Lipinski definition) is 6. The number of ether oxygens (including phenoxy) is 1. The molecule has 1 saturated heterocycles. The van der Waals surface area contributed by atoms with Gasteiger partial charge in [-0.2, -0.15) is 5.10 Å². The van der Waals surface area contributed by atoms with Crippen molar-refractivity contribution in [1.82, 2.24) is 25.0 Å². The van der Waals surface area contributed by atoms with Crippen molar-refractivity contribution in [2.24, 2.45) is 5.41 Å². The van der Waals surface area contributed by atoms with Crippen molar-refractivity contribution in [2.75, 3.05) is 32.1 Å². The topological polar surface area (TPSA) is 84.3 Å². The molecule has 1 amide bonds. The molecule has 8 nitrogen and oxygen atoms in total. The molecule has 5 heterocycles. The van der Waals surface area contributed by atoms with E-state index in [2.05, 4.69) is 52.4 Å². The fraction of sp³-hybridized carbons (Fsp3) is 0.500. The molecule has 0 radical (unpaired) electrons. The Morgan fingerprint density at radius 3 is 2.82 bits per heavy atom. The minimum atomic E-state index is -0.0309. The van der Waals surface area contributed by atoms with Crippen molar-refractivity contribution in [2.45, 2.75) is 64.6 Å². The highest BCUT2D eigenvalue weighted by molar-refractivity contribution is 6.06. The zero-order valence-electron chi connectivity index (χ0n) is 22.3. The van der Waals surface area contributed by atoms with Gasteiger partial charge in [-0.05, 0) is 85.9 Å². The van der Waals surface area contributed by atoms with E-state index in [1.807, 2.05) is 12.3 Å². The van der Waals surface area contributed by atoms with E-state index in [0.29, 0.717) is 17.9 Å². The summed E-state index contributed by atoms with van der Waals surface area (Å²) < 4.78 is 7.79. The Hall–Kier alpha value is -3.23. The number of aromatic nitrogens is 3. The third-order valence-corrected chi connectivity index (χ3v) is 9.08. The van der Waals surface area contributed by atoms with E-state index in [-0.39, 0.29) is 5.91 Å². The van der Waals surface area contributed by atoms with Crippen molar-refractivity contribution < 1.29 is 9.53 Å². The van der Waals surface area contributed by atoms with Crippen LogP contribution in [-0.2, 0) is 30.8 Å². The molecule has 2 aromatic heterocycles. The van der Waals surface area contributed by atoms with Gasteiger partial charge in [0.25, 0.3) is 5.91 Å². The van der Waals surface area contributed by atoms with Crippen LogP contribution in [0.2, 0.25) is 0 Å². The fourth-order valence-corrected chi connectivity index (χ4v) is 6.50. The maximum atomic E-state index is 13.0. The number of fused-ring (bicyclic) bond motifs is 2. The van der Waals surface area contributed by atoms with Gasteiger partial charge in [0.05, 0.1) is 23.1 Å². The molecule has 2 fully saturated rings. The number of nitrogens with one attached hydrogen (secondary N) is 2. The standard InChI is InChI=1S/C30H36N6O2/c1-3-35(2)17-25-20(19-8-12-38-13-9-19)5-7-27(34-25)33-24-6-4-21(23-15-31-29(37)28(23)24)22-16-32-36-18-30(10-11-30)14-26(22)36/h4-7,16,19H,3,8-15,17-18H2,1-2H3,(H,31,37)(H,33,34). The lowest BCUT2D eigenvalue weighted by Gasteiger charge is -2.26. The highest BCUT2D eigenvalue weighted by atomic mass is 16.5. The number of rotatable bonds is 7. The fourth-order valence-electron chi connectivity index (χ4n) is 6.50. The van der Waals surface area contributed by atoms with Crippen molar-refractivity contribution >= 4 is 17.4 Å². The molecule has 1 aromatic carbocycles. The van der Waals surface area contributed by atoms with Gasteiger partial charge in [-0.1, -0.05) is 19.1 Å². The molecule has 0 atom stereocenters. The molecule has 198 valence electrons. The lowest BCUT2D eigenvalue weighted by atomic mass is 9.90. The summed E-state index contributed by atoms with van der Waals surface area (Å²) in [5.41, 5.74) is 9.08. The molecular weight excluding hydrogens is 476 g/mol. The van der Waals surface area contributed by atoms with Crippen LogP contribution in [0.1, 0.15) is 71.4 Å². The first-order valence-electron chi connectivity index (χ1n) is 14.1. The average Bonchev–Trinajstić information content (AvgIpc) is 3.21. The second-order valence-corrected chi connectivity index (χ2v) is 11.6. The predicted molar refractivity (Wildman–Crippen MR) is 147 cm³/mol. The van der Waals surface area contributed by atoms with Crippen LogP contribution in [0, 0.1) is 5.41 Å². The summed E-state index contributed by atoms with van der Waals surface area (Å²) in [6.07, 6.45) is 7.75. The molecule has 1 aliphatic carbocycles. The van der Waals surface area contributed by atoms with E-state index in [1.54, 1.807) is 0 Å². The van der Waals surface area contributed by atoms with Crippen LogP contribution in [0.4, 0.5) is 11.5 Å². The van der Waals surface area contributed by atoms with Gasteiger partial charge in [0.1, 0.15) is 5.82 Å². The van der Waals surface area contributed by atoms with Crippen LogP contribution in [0.25, 0.3) is 11.1 Å². The van der Waals surface area contributed by atoms with Crippen molar-refractivity contribution in [3.05, 3.63) is 58.5 Å². The van der Waals surface area contributed by atoms with Gasteiger partial charge < -0.3 is 20.3 Å². The number of hydrogen-bond donors (Lipinski definition) is 2. The Morgan fingerprint density at radius 1 is 1.18 bits per heavy atom. The van der Waals surface area contributed by atoms with Crippen molar-refractivity contribution in [1.29, 1.82) is 0 Å². The number of benzene rings is 1. The quantitative estimate of drug-likeness (QED) is 0.481. The molecule has 1 spiro atoms. The van der Waals surface area contributed by atoms with Gasteiger partial charge >= 0.3 is 0 Å². The van der Waals surface area contributed by atoms with Crippen molar-refractivity contribution in [3.63, 3.8) is 0 Å². The first kappa shape index (κ1) is 23.9. The summed E-state index contributed by atoms with van der Waals surface area (Å²) in [6, 6.07) is 8.48. The van der Waals surface area contributed by atoms with Crippen LogP contribution >= 0.6 is 0 Å². The lowest BCUT2D eigenvalue weighted by Crippen LogP contribution is -2.22. The third kappa shape index (κ3) is 4.10. The molecular formula is C30H36N6O2. The van der Waals surface area contributed by atoms with Crippen molar-refractivity contribution in [3.8, 4) is 11.1 Å². The number of carbonyl (C=O) groups is 1. The van der Waals surface area contributed by atoms with E-state index in [0.717, 1.165) is 86.0 Å². The zero-order valence-corrected chi connectivity index (χ0v) is 22.3. The summed E-state index contributed by atoms with van der Waals surface area (Å²) in [5, 5.41) is 11.3. The lowest BCUT2D eigenvalue weighted by molar-refractivity contribution is 0.0849. The van der Waals surface area contributed by atoms with E-state index in [9.17, 15) is 4.79 Å². The van der Waals surface area contributed by atoms with Crippen LogP contribution in [0.5, 0.6) is 0 Å². The monoisotopic (exact) mass is 512 g/mol. The molecule has 8 heteroatoms. The SMILES string of the molecule is CCN(C)Cc1nc(Nc2ccc(-c3cnn4c3CC3(CC3)C4)c3c2C(=O)NC3)ccc1C1CCOCC1. The largest absolute Gasteiger partial charge is 0.381 e. The normalized spacial score (nSPS) is 19.6. The second kappa shape index (κ2) is 9.20. The third-order valence-electron chi connectivity index (χ3n) is 9.08. The molecule has 0 unspecified atom stereocenters. The van der Waals surface area contributed by atoms with Crippen LogP contribution in [-0.4, -0.2) is 52.4 Å². The maximum absolute atomic E-state index is 13.0. The van der Waals surface area contributed by atoms with E-state index < -0.39 is 0 Å². The zero-order chi connectivity index (χ0) is 25.9. The highest BCUT2D eigenvalue weighted by Gasteiger charge is 2.49. The first-order chi connectivity index (χ1) is 18.5. The minimum absolute atomic E-state index is 0.0309. The summed E-state index contributed by atoms with van der Waals surface area (Å²) in [4.78, 5) is 20.4. The van der Waals surface area contributed by atoms with Gasteiger partial charge in [0.2, 0.25) is 0 Å². The Balaban J connectivity index is 1.22. The summed E-state index contributed by atoms with van der Waals surface area (Å²) in [7, 11) is 2.13. The molecule has 3 aliphatic heterocycles. The number of pyridine rings is 1. The van der Waals surface area contributed by atoms with Crippen LogP contribution in [0.3, 0.4) is 0 Å². The second-order valence-electron chi connectivity index (χ2n) is 11.6. The highest BCUT2D eigenvalue weighted by Crippen LogP contribution is 2.54. The molecule has 38 heavy (non-hydrogen) atoms. The molecule has 7 rings (SSSR count). The maximum Gasteiger partial charge on any atom is 0.254 e.